The van der Waals surface area contributed by atoms with Crippen LogP contribution in [0.2, 0.25) is 0 Å². The Hall–Kier alpha value is -3.03. The van der Waals surface area contributed by atoms with Crippen molar-refractivity contribution in [3.05, 3.63) is 95.1 Å². The van der Waals surface area contributed by atoms with Crippen molar-refractivity contribution < 1.29 is 8.42 Å². The molecule has 3 rings (SSSR count). The average molecular weight is 361 g/mol. The van der Waals surface area contributed by atoms with Gasteiger partial charge in [-0.3, -0.25) is 4.72 Å². The average Bonchev–Trinajstić information content (AvgIpc) is 2.62. The number of para-hydroxylation sites is 1. The number of aryl methyl sites for hydroxylation is 2. The van der Waals surface area contributed by atoms with Gasteiger partial charge in [0.05, 0.1) is 10.6 Å². The molecule has 3 nitrogen and oxygen atoms in total. The number of hydrogen-bond donors (Lipinski definition) is 1. The molecular weight excluding hydrogens is 342 g/mol. The highest BCUT2D eigenvalue weighted by Gasteiger charge is 2.15. The first-order valence-electron chi connectivity index (χ1n) is 8.21. The highest BCUT2D eigenvalue weighted by Crippen LogP contribution is 2.20. The normalized spacial score (nSPS) is 10.7. The maximum atomic E-state index is 12.6. The number of sulfonamides is 1. The van der Waals surface area contributed by atoms with Crippen molar-refractivity contribution in [3.63, 3.8) is 0 Å². The van der Waals surface area contributed by atoms with Crippen molar-refractivity contribution in [1.82, 2.24) is 0 Å². The molecule has 0 saturated carbocycles. The molecule has 0 spiro atoms. The topological polar surface area (TPSA) is 46.2 Å². The molecule has 0 bridgehead atoms. The summed E-state index contributed by atoms with van der Waals surface area (Å²) in [5.41, 5.74) is 4.15. The lowest BCUT2D eigenvalue weighted by atomic mass is 10.1. The molecule has 0 radical (unpaired) electrons. The summed E-state index contributed by atoms with van der Waals surface area (Å²) in [6.45, 7) is 3.94. The van der Waals surface area contributed by atoms with Crippen molar-refractivity contribution in [2.45, 2.75) is 18.7 Å². The lowest BCUT2D eigenvalue weighted by molar-refractivity contribution is 0.601. The molecule has 0 saturated heterocycles. The van der Waals surface area contributed by atoms with E-state index in [1.54, 1.807) is 42.5 Å². The molecule has 3 aromatic carbocycles. The van der Waals surface area contributed by atoms with E-state index in [0.717, 1.165) is 11.1 Å². The van der Waals surface area contributed by atoms with E-state index in [9.17, 15) is 8.42 Å². The minimum atomic E-state index is -3.66. The summed E-state index contributed by atoms with van der Waals surface area (Å²) >= 11 is 0. The van der Waals surface area contributed by atoms with Crippen LogP contribution < -0.4 is 4.72 Å². The van der Waals surface area contributed by atoms with Crippen LogP contribution in [0.4, 0.5) is 5.69 Å². The Bertz CT molecular complexity index is 1070. The molecule has 0 aliphatic heterocycles. The van der Waals surface area contributed by atoms with Gasteiger partial charge in [0, 0.05) is 11.1 Å². The molecule has 1 N–H and O–H groups in total. The summed E-state index contributed by atoms with van der Waals surface area (Å²) in [7, 11) is -3.66. The van der Waals surface area contributed by atoms with Crippen LogP contribution in [-0.4, -0.2) is 8.42 Å². The first-order chi connectivity index (χ1) is 12.4. The van der Waals surface area contributed by atoms with Crippen molar-refractivity contribution >= 4 is 15.7 Å². The van der Waals surface area contributed by atoms with E-state index in [4.69, 9.17) is 0 Å². The highest BCUT2D eigenvalue weighted by molar-refractivity contribution is 7.92. The standard InChI is InChI=1S/C22H19NO2S/c1-17-7-11-19(12-8-17)13-14-20-5-3-4-6-22(20)23-26(24,25)21-15-9-18(2)10-16-21/h3-12,15-16,23H,1-2H3. The van der Waals surface area contributed by atoms with Gasteiger partial charge in [-0.05, 0) is 50.2 Å². The number of nitrogens with one attached hydrogen (secondary N) is 1. The van der Waals surface area contributed by atoms with Gasteiger partial charge in [0.25, 0.3) is 10.0 Å². The molecule has 0 aliphatic carbocycles. The third-order valence-electron chi connectivity index (χ3n) is 3.90. The fourth-order valence-electron chi connectivity index (χ4n) is 2.38. The van der Waals surface area contributed by atoms with Crippen molar-refractivity contribution in [1.29, 1.82) is 0 Å². The van der Waals surface area contributed by atoms with Crippen molar-refractivity contribution in [3.8, 4) is 11.8 Å². The lowest BCUT2D eigenvalue weighted by Crippen LogP contribution is -2.13. The van der Waals surface area contributed by atoms with E-state index >= 15 is 0 Å². The van der Waals surface area contributed by atoms with Gasteiger partial charge in [0.1, 0.15) is 0 Å². The largest absolute Gasteiger partial charge is 0.278 e. The molecule has 0 unspecified atom stereocenters. The van der Waals surface area contributed by atoms with Crippen molar-refractivity contribution in [2.24, 2.45) is 0 Å². The lowest BCUT2D eigenvalue weighted by Gasteiger charge is -2.10. The number of anilines is 1. The van der Waals surface area contributed by atoms with Crippen LogP contribution in [0, 0.1) is 25.7 Å². The predicted molar refractivity (Wildman–Crippen MR) is 106 cm³/mol. The van der Waals surface area contributed by atoms with Gasteiger partial charge >= 0.3 is 0 Å². The molecule has 0 aromatic heterocycles. The Morgan fingerprint density at radius 3 is 1.96 bits per heavy atom. The van der Waals surface area contributed by atoms with Crippen LogP contribution in [0.1, 0.15) is 22.3 Å². The van der Waals surface area contributed by atoms with Gasteiger partial charge in [0.2, 0.25) is 0 Å². The Morgan fingerprint density at radius 1 is 0.731 bits per heavy atom. The van der Waals surface area contributed by atoms with Gasteiger partial charge in [-0.25, -0.2) is 8.42 Å². The van der Waals surface area contributed by atoms with E-state index in [1.165, 1.54) is 5.56 Å². The highest BCUT2D eigenvalue weighted by atomic mass is 32.2. The zero-order valence-electron chi connectivity index (χ0n) is 14.7. The Morgan fingerprint density at radius 2 is 1.31 bits per heavy atom. The zero-order chi connectivity index (χ0) is 18.6. The molecule has 4 heteroatoms. The summed E-state index contributed by atoms with van der Waals surface area (Å²) in [5.74, 6) is 6.13. The fraction of sp³-hybridized carbons (Fsp3) is 0.0909. The van der Waals surface area contributed by atoms with Crippen LogP contribution in [0.25, 0.3) is 0 Å². The molecule has 3 aromatic rings. The number of rotatable bonds is 3. The van der Waals surface area contributed by atoms with Crippen LogP contribution in [0.3, 0.4) is 0 Å². The molecule has 0 aliphatic rings. The monoisotopic (exact) mass is 361 g/mol. The van der Waals surface area contributed by atoms with E-state index < -0.39 is 10.0 Å². The van der Waals surface area contributed by atoms with Crippen LogP contribution >= 0.6 is 0 Å². The SMILES string of the molecule is Cc1ccc(C#Cc2ccccc2NS(=O)(=O)c2ccc(C)cc2)cc1. The maximum Gasteiger partial charge on any atom is 0.261 e. The summed E-state index contributed by atoms with van der Waals surface area (Å²) in [5, 5.41) is 0. The molecule has 0 amide bonds. The van der Waals surface area contributed by atoms with Crippen LogP contribution in [0.15, 0.2) is 77.7 Å². The molecule has 0 fully saturated rings. The van der Waals surface area contributed by atoms with Gasteiger partial charge in [-0.15, -0.1) is 0 Å². The fourth-order valence-corrected chi connectivity index (χ4v) is 3.46. The van der Waals surface area contributed by atoms with Gasteiger partial charge < -0.3 is 0 Å². The second-order valence-electron chi connectivity index (χ2n) is 6.08. The van der Waals surface area contributed by atoms with E-state index in [0.29, 0.717) is 11.3 Å². The zero-order valence-corrected chi connectivity index (χ0v) is 15.5. The summed E-state index contributed by atoms with van der Waals surface area (Å²) in [4.78, 5) is 0.226. The smallest absolute Gasteiger partial charge is 0.261 e. The maximum absolute atomic E-state index is 12.6. The van der Waals surface area contributed by atoms with Gasteiger partial charge in [-0.1, -0.05) is 59.4 Å². The summed E-state index contributed by atoms with van der Waals surface area (Å²) < 4.78 is 27.9. The number of benzene rings is 3. The minimum absolute atomic E-state index is 0.226. The third-order valence-corrected chi connectivity index (χ3v) is 5.28. The number of hydrogen-bond acceptors (Lipinski definition) is 2. The second-order valence-corrected chi connectivity index (χ2v) is 7.76. The quantitative estimate of drug-likeness (QED) is 0.698. The molecule has 26 heavy (non-hydrogen) atoms. The summed E-state index contributed by atoms with van der Waals surface area (Å²) in [6.07, 6.45) is 0. The molecule has 0 atom stereocenters. The van der Waals surface area contributed by atoms with E-state index in [-0.39, 0.29) is 4.90 Å². The van der Waals surface area contributed by atoms with Crippen molar-refractivity contribution in [2.75, 3.05) is 4.72 Å². The van der Waals surface area contributed by atoms with Crippen LogP contribution in [-0.2, 0) is 10.0 Å². The summed E-state index contributed by atoms with van der Waals surface area (Å²) in [6, 6.07) is 21.8. The first-order valence-corrected chi connectivity index (χ1v) is 9.69. The Balaban J connectivity index is 1.90. The first kappa shape index (κ1) is 17.8. The second kappa shape index (κ2) is 7.47. The molecule has 0 heterocycles. The Labute approximate surface area is 154 Å². The molecule has 130 valence electrons. The minimum Gasteiger partial charge on any atom is -0.278 e. The third kappa shape index (κ3) is 4.33. The van der Waals surface area contributed by atoms with Gasteiger partial charge in [0.15, 0.2) is 0 Å². The predicted octanol–water partition coefficient (Wildman–Crippen LogP) is 4.50. The van der Waals surface area contributed by atoms with E-state index in [2.05, 4.69) is 16.6 Å². The van der Waals surface area contributed by atoms with E-state index in [1.807, 2.05) is 44.2 Å². The van der Waals surface area contributed by atoms with Gasteiger partial charge in [-0.2, -0.15) is 0 Å². The Kier molecular flexibility index (Phi) is 5.11. The molecular formula is C22H19NO2S. The van der Waals surface area contributed by atoms with Crippen LogP contribution in [0.5, 0.6) is 0 Å².